The van der Waals surface area contributed by atoms with Gasteiger partial charge < -0.3 is 41.2 Å². The minimum Gasteiger partial charge on any atom is -0.453 e. The average Bonchev–Trinajstić information content (AvgIpc) is 3.87. The number of carbonyl (C=O) groups is 2. The van der Waals surface area contributed by atoms with Gasteiger partial charge in [-0.15, -0.1) is 0 Å². The largest absolute Gasteiger partial charge is 2.00 e. The van der Waals surface area contributed by atoms with Crippen LogP contribution in [0.4, 0.5) is 28.7 Å². The van der Waals surface area contributed by atoms with Gasteiger partial charge in [0.25, 0.3) is 0 Å². The van der Waals surface area contributed by atoms with Crippen molar-refractivity contribution in [2.24, 2.45) is 25.0 Å². The van der Waals surface area contributed by atoms with Crippen molar-refractivity contribution in [1.29, 1.82) is 0 Å². The van der Waals surface area contributed by atoms with Gasteiger partial charge in [0.05, 0.1) is 34.3 Å². The number of anilines is 3. The molecule has 0 fully saturated rings. The topological polar surface area (TPSA) is 160 Å². The van der Waals surface area contributed by atoms with Crippen LogP contribution in [0.5, 0.6) is 0 Å². The Morgan fingerprint density at radius 1 is 0.792 bits per heavy atom. The molecule has 1 aromatic heterocycles. The SMILES string of the molecule is CCCc1cc2c(cc1NC(C)=O)/C1=N/c3[n-]c(c4ccccc34)/N=C3\N=C(N=C4[N-]C(PC2=N1)c1ccccc14)c1cc(NC)c(NC=O)cc13.[Zn+2]. The summed E-state index contributed by atoms with van der Waals surface area (Å²) in [5.41, 5.74) is 9.21. The summed E-state index contributed by atoms with van der Waals surface area (Å²) in [4.78, 5) is 54.2. The predicted molar refractivity (Wildman–Crippen MR) is 211 cm³/mol. The molecular weight excluding hydrogens is 737 g/mol. The first-order valence-electron chi connectivity index (χ1n) is 17.0. The number of amidine groups is 4. The van der Waals surface area contributed by atoms with Gasteiger partial charge in [-0.1, -0.05) is 76.3 Å². The predicted octanol–water partition coefficient (Wildman–Crippen LogP) is 7.52. The quantitative estimate of drug-likeness (QED) is 0.0927. The zero-order valence-electron chi connectivity index (χ0n) is 29.2. The molecule has 2 unspecified atom stereocenters. The number of nitrogens with zero attached hydrogens (tertiary/aromatic N) is 7. The van der Waals surface area contributed by atoms with E-state index in [-0.39, 0.29) is 39.7 Å². The molecule has 4 aliphatic rings. The smallest absolute Gasteiger partial charge is 0.453 e. The molecule has 53 heavy (non-hydrogen) atoms. The van der Waals surface area contributed by atoms with E-state index in [0.717, 1.165) is 68.1 Å². The number of aryl methyl sites for hydroxylation is 1. The van der Waals surface area contributed by atoms with Gasteiger partial charge in [-0.3, -0.25) is 9.59 Å². The number of aromatic nitrogens is 1. The Kier molecular flexibility index (Phi) is 8.92. The molecule has 256 valence electrons. The second-order valence-electron chi connectivity index (χ2n) is 12.7. The molecule has 4 aliphatic heterocycles. The Hall–Kier alpha value is -5.64. The fraction of sp³-hybridized carbons (Fsp3) is 0.154. The monoisotopic (exact) mass is 766 g/mol. The van der Waals surface area contributed by atoms with Crippen molar-refractivity contribution in [2.45, 2.75) is 32.5 Å². The van der Waals surface area contributed by atoms with Crippen LogP contribution in [-0.2, 0) is 35.5 Å². The van der Waals surface area contributed by atoms with Crippen molar-refractivity contribution in [3.8, 4) is 0 Å². The third-order valence-electron chi connectivity index (χ3n) is 9.40. The Bertz CT molecular complexity index is 2550. The summed E-state index contributed by atoms with van der Waals surface area (Å²) in [5.74, 6) is 2.50. The Labute approximate surface area is 319 Å². The van der Waals surface area contributed by atoms with E-state index in [2.05, 4.69) is 35.0 Å². The average molecular weight is 768 g/mol. The molecule has 5 heterocycles. The number of nitrogens with one attached hydrogen (secondary N) is 3. The number of fused-ring (bicyclic) bond motifs is 18. The van der Waals surface area contributed by atoms with Crippen LogP contribution in [0.2, 0.25) is 0 Å². The van der Waals surface area contributed by atoms with E-state index in [1.807, 2.05) is 60.7 Å². The van der Waals surface area contributed by atoms with E-state index in [9.17, 15) is 9.59 Å². The number of hydrogen-bond acceptors (Lipinski definition) is 8. The van der Waals surface area contributed by atoms with Crippen molar-refractivity contribution in [3.63, 3.8) is 0 Å². The van der Waals surface area contributed by atoms with Crippen molar-refractivity contribution in [3.05, 3.63) is 117 Å². The Morgan fingerprint density at radius 2 is 1.43 bits per heavy atom. The molecule has 3 N–H and O–H groups in total. The Morgan fingerprint density at radius 3 is 2.13 bits per heavy atom. The van der Waals surface area contributed by atoms with Gasteiger partial charge in [-0.05, 0) is 58.1 Å². The van der Waals surface area contributed by atoms with Crippen LogP contribution in [-0.4, -0.2) is 48.2 Å². The molecular formula is C39H31N10O2PZn. The van der Waals surface area contributed by atoms with Gasteiger partial charge >= 0.3 is 19.5 Å². The van der Waals surface area contributed by atoms with E-state index in [1.54, 1.807) is 7.05 Å². The summed E-state index contributed by atoms with van der Waals surface area (Å²) in [6, 6.07) is 23.9. The van der Waals surface area contributed by atoms with Crippen molar-refractivity contribution < 1.29 is 29.1 Å². The third kappa shape index (κ3) is 5.90. The van der Waals surface area contributed by atoms with Crippen LogP contribution in [0.15, 0.2) is 97.8 Å². The first-order chi connectivity index (χ1) is 25.4. The van der Waals surface area contributed by atoms with Crippen LogP contribution >= 0.6 is 8.58 Å². The fourth-order valence-corrected chi connectivity index (χ4v) is 8.46. The van der Waals surface area contributed by atoms with E-state index in [0.29, 0.717) is 58.3 Å². The van der Waals surface area contributed by atoms with Gasteiger partial charge in [0.2, 0.25) is 12.3 Å². The third-order valence-corrected chi connectivity index (χ3v) is 10.8. The summed E-state index contributed by atoms with van der Waals surface area (Å²) in [6.07, 6.45) is 2.35. The van der Waals surface area contributed by atoms with Crippen LogP contribution in [0.25, 0.3) is 16.1 Å². The van der Waals surface area contributed by atoms with Crippen LogP contribution < -0.4 is 20.9 Å². The minimum absolute atomic E-state index is 0. The number of aliphatic imine (C=N–C) groups is 5. The number of rotatable bonds is 6. The molecule has 4 aromatic carbocycles. The number of benzene rings is 4. The maximum atomic E-state index is 12.3. The number of amides is 2. The van der Waals surface area contributed by atoms with Crippen molar-refractivity contribution in [1.82, 2.24) is 4.98 Å². The Balaban J connectivity index is 0.00000400. The molecule has 5 aromatic rings. The van der Waals surface area contributed by atoms with Crippen LogP contribution in [0.1, 0.15) is 65.0 Å². The van der Waals surface area contributed by atoms with Crippen LogP contribution in [0, 0.1) is 0 Å². The second kappa shape index (κ2) is 13.7. The van der Waals surface area contributed by atoms with Gasteiger partial charge in [0.1, 0.15) is 0 Å². The van der Waals surface area contributed by atoms with Crippen molar-refractivity contribution >= 4 is 89.2 Å². The molecule has 0 aliphatic carbocycles. The van der Waals surface area contributed by atoms with E-state index < -0.39 is 0 Å². The van der Waals surface area contributed by atoms with E-state index in [4.69, 9.17) is 35.3 Å². The number of carbonyl (C=O) groups excluding carboxylic acids is 2. The van der Waals surface area contributed by atoms with Gasteiger partial charge in [-0.25, -0.2) is 9.98 Å². The molecule has 14 heteroatoms. The summed E-state index contributed by atoms with van der Waals surface area (Å²) in [5, 5.41) is 15.8. The molecule has 0 spiro atoms. The zero-order valence-corrected chi connectivity index (χ0v) is 33.1. The summed E-state index contributed by atoms with van der Waals surface area (Å²) < 4.78 is 0. The van der Waals surface area contributed by atoms with E-state index >= 15 is 0 Å². The molecule has 9 rings (SSSR count). The zero-order chi connectivity index (χ0) is 35.5. The molecule has 2 atom stereocenters. The fourth-order valence-electron chi connectivity index (χ4n) is 7.07. The summed E-state index contributed by atoms with van der Waals surface area (Å²) in [7, 11) is 1.96. The van der Waals surface area contributed by atoms with Gasteiger partial charge in [-0.2, -0.15) is 0 Å². The minimum atomic E-state index is -0.232. The molecule has 2 amide bonds. The first-order valence-corrected chi connectivity index (χ1v) is 18.1. The second-order valence-corrected chi connectivity index (χ2v) is 14.0. The molecule has 0 saturated carbocycles. The molecule has 12 nitrogen and oxygen atoms in total. The maximum Gasteiger partial charge on any atom is 2.00 e. The summed E-state index contributed by atoms with van der Waals surface area (Å²) >= 11 is 0. The maximum absolute atomic E-state index is 12.3. The molecule has 0 radical (unpaired) electrons. The standard InChI is InChI=1S/C39H33N10O2P.Zn/c1-4-9-20-14-28-27(15-29(20)42-19(2)51)37-45-33-22-11-6-5-10-21(22)32(43-33)44-36-26-17-31(41-18-50)30(40-3)16-25(26)35(47-36)46-34-23-12-7-8-13-24(23)38(48-34)52-39(28)49-37;/h5-8,10-18,38,52H,4,9H2,1-3H3,(H5,40,41,42,43,44,45,46,47,48,49,50,51);/q;+2/p-2. The first kappa shape index (κ1) is 34.4. The number of hydrogen-bond donors (Lipinski definition) is 3. The summed E-state index contributed by atoms with van der Waals surface area (Å²) in [6.45, 7) is 3.64. The van der Waals surface area contributed by atoms with Gasteiger partial charge in [0.15, 0.2) is 0 Å². The van der Waals surface area contributed by atoms with E-state index in [1.165, 1.54) is 6.92 Å². The molecule has 8 bridgehead atoms. The normalized spacial score (nSPS) is 18.5. The molecule has 0 saturated heterocycles. The van der Waals surface area contributed by atoms with Crippen LogP contribution in [0.3, 0.4) is 0 Å². The van der Waals surface area contributed by atoms with Crippen molar-refractivity contribution in [2.75, 3.05) is 23.0 Å². The van der Waals surface area contributed by atoms with Gasteiger partial charge in [0, 0.05) is 59.3 Å².